The minimum absolute atomic E-state index is 0.131. The molecule has 2 heterocycles. The van der Waals surface area contributed by atoms with Crippen molar-refractivity contribution >= 4 is 11.3 Å². The van der Waals surface area contributed by atoms with E-state index in [4.69, 9.17) is 9.47 Å². The molecule has 1 aliphatic heterocycles. The van der Waals surface area contributed by atoms with Crippen LogP contribution in [0.25, 0.3) is 0 Å². The van der Waals surface area contributed by atoms with Crippen LogP contribution in [-0.2, 0) is 28.7 Å². The molecule has 2 saturated carbocycles. The first-order chi connectivity index (χ1) is 12.4. The van der Waals surface area contributed by atoms with Crippen molar-refractivity contribution in [3.05, 3.63) is 57.3 Å². The summed E-state index contributed by atoms with van der Waals surface area (Å²) in [6.07, 6.45) is 9.08. The second kappa shape index (κ2) is 6.86. The number of hydrogen-bond donors (Lipinski definition) is 0. The highest BCUT2D eigenvalue weighted by Crippen LogP contribution is 2.51. The fraction of sp³-hybridized carbons (Fsp3) is 0.545. The van der Waals surface area contributed by atoms with Crippen molar-refractivity contribution in [1.29, 1.82) is 0 Å². The Kier molecular flexibility index (Phi) is 4.41. The van der Waals surface area contributed by atoms with Crippen molar-refractivity contribution in [1.82, 2.24) is 0 Å². The summed E-state index contributed by atoms with van der Waals surface area (Å²) in [5.74, 6) is 2.92. The number of benzene rings is 1. The van der Waals surface area contributed by atoms with Gasteiger partial charge in [0.2, 0.25) is 0 Å². The Morgan fingerprint density at radius 1 is 0.920 bits per heavy atom. The smallest absolute Gasteiger partial charge is 0.189 e. The van der Waals surface area contributed by atoms with Crippen molar-refractivity contribution < 1.29 is 9.47 Å². The molecule has 3 fully saturated rings. The molecule has 0 amide bonds. The predicted molar refractivity (Wildman–Crippen MR) is 101 cm³/mol. The molecule has 2 aromatic rings. The lowest BCUT2D eigenvalue weighted by molar-refractivity contribution is -0.327. The van der Waals surface area contributed by atoms with E-state index < -0.39 is 0 Å². The van der Waals surface area contributed by atoms with Crippen LogP contribution in [-0.4, -0.2) is 6.79 Å². The number of ether oxygens (including phenoxy) is 2. The van der Waals surface area contributed by atoms with Crippen molar-refractivity contribution in [2.45, 2.75) is 51.2 Å². The third-order valence-corrected chi connectivity index (χ3v) is 7.30. The zero-order valence-electron chi connectivity index (χ0n) is 14.7. The van der Waals surface area contributed by atoms with Crippen LogP contribution in [0.3, 0.4) is 0 Å². The summed E-state index contributed by atoms with van der Waals surface area (Å²) in [4.78, 5) is 1.46. The molecular formula is C22H26O2S. The third-order valence-electron chi connectivity index (χ3n) is 6.37. The zero-order chi connectivity index (χ0) is 16.6. The van der Waals surface area contributed by atoms with Crippen molar-refractivity contribution in [2.75, 3.05) is 6.79 Å². The molecule has 5 rings (SSSR count). The summed E-state index contributed by atoms with van der Waals surface area (Å²) in [6, 6.07) is 11.2. The van der Waals surface area contributed by atoms with E-state index >= 15 is 0 Å². The van der Waals surface area contributed by atoms with Crippen LogP contribution >= 0.6 is 11.3 Å². The van der Waals surface area contributed by atoms with E-state index in [-0.39, 0.29) is 6.29 Å². The summed E-state index contributed by atoms with van der Waals surface area (Å²) in [6.45, 7) is 0.442. The van der Waals surface area contributed by atoms with E-state index in [1.54, 1.807) is 0 Å². The standard InChI is InChI=1S/C22H26O2S/c1-3-16(8-10-19-5-2-12-25-19)21(22-23-14-24-22)18(4-1)13-17-9-11-20(17)15-6-7-15/h1-5,12,15,17,20,22H,6-11,13-14H2. The lowest BCUT2D eigenvalue weighted by Gasteiger charge is -2.39. The van der Waals surface area contributed by atoms with Crippen LogP contribution in [0.15, 0.2) is 35.7 Å². The summed E-state index contributed by atoms with van der Waals surface area (Å²) in [5, 5.41) is 2.17. The molecule has 1 aromatic heterocycles. The lowest BCUT2D eigenvalue weighted by Crippen LogP contribution is -2.31. The maximum absolute atomic E-state index is 5.74. The Morgan fingerprint density at radius 2 is 1.80 bits per heavy atom. The van der Waals surface area contributed by atoms with Gasteiger partial charge >= 0.3 is 0 Å². The van der Waals surface area contributed by atoms with Gasteiger partial charge in [-0.15, -0.1) is 11.3 Å². The van der Waals surface area contributed by atoms with E-state index in [0.717, 1.165) is 30.6 Å². The Bertz CT molecular complexity index is 716. The third kappa shape index (κ3) is 3.30. The minimum atomic E-state index is -0.131. The summed E-state index contributed by atoms with van der Waals surface area (Å²) in [5.41, 5.74) is 4.23. The number of rotatable bonds is 7. The van der Waals surface area contributed by atoms with Crippen LogP contribution in [0, 0.1) is 17.8 Å². The Labute approximate surface area is 154 Å². The van der Waals surface area contributed by atoms with Gasteiger partial charge in [-0.1, -0.05) is 24.3 Å². The molecule has 2 nitrogen and oxygen atoms in total. The van der Waals surface area contributed by atoms with Gasteiger partial charge in [-0.3, -0.25) is 0 Å². The van der Waals surface area contributed by atoms with Crippen LogP contribution in [0.1, 0.15) is 53.5 Å². The van der Waals surface area contributed by atoms with Gasteiger partial charge in [-0.05, 0) is 85.3 Å². The van der Waals surface area contributed by atoms with E-state index in [2.05, 4.69) is 35.7 Å². The average molecular weight is 355 g/mol. The van der Waals surface area contributed by atoms with Gasteiger partial charge in [0, 0.05) is 10.4 Å². The van der Waals surface area contributed by atoms with Crippen molar-refractivity contribution in [3.8, 4) is 0 Å². The highest BCUT2D eigenvalue weighted by molar-refractivity contribution is 7.09. The molecule has 0 spiro atoms. The monoisotopic (exact) mass is 354 g/mol. The molecule has 1 aromatic carbocycles. The molecule has 3 heteroatoms. The molecule has 3 aliphatic rings. The van der Waals surface area contributed by atoms with Gasteiger partial charge in [0.15, 0.2) is 13.1 Å². The first-order valence-electron chi connectivity index (χ1n) is 9.75. The van der Waals surface area contributed by atoms with Gasteiger partial charge in [0.05, 0.1) is 0 Å². The summed E-state index contributed by atoms with van der Waals surface area (Å²) < 4.78 is 11.5. The molecule has 2 unspecified atom stereocenters. The highest BCUT2D eigenvalue weighted by Gasteiger charge is 2.42. The number of hydrogen-bond acceptors (Lipinski definition) is 3. The van der Waals surface area contributed by atoms with Gasteiger partial charge in [0.1, 0.15) is 0 Å². The summed E-state index contributed by atoms with van der Waals surface area (Å²) in [7, 11) is 0. The quantitative estimate of drug-likeness (QED) is 0.652. The van der Waals surface area contributed by atoms with E-state index in [9.17, 15) is 0 Å². The average Bonchev–Trinajstić information content (AvgIpc) is 3.22. The fourth-order valence-electron chi connectivity index (χ4n) is 4.66. The predicted octanol–water partition coefficient (Wildman–Crippen LogP) is 5.51. The normalized spacial score (nSPS) is 26.2. The second-order valence-electron chi connectivity index (χ2n) is 7.90. The largest absolute Gasteiger partial charge is 0.322 e. The molecule has 0 N–H and O–H groups in total. The van der Waals surface area contributed by atoms with Crippen molar-refractivity contribution in [3.63, 3.8) is 0 Å². The van der Waals surface area contributed by atoms with Gasteiger partial charge in [0.25, 0.3) is 0 Å². The molecule has 25 heavy (non-hydrogen) atoms. The maximum Gasteiger partial charge on any atom is 0.189 e. The van der Waals surface area contributed by atoms with Crippen LogP contribution < -0.4 is 0 Å². The fourth-order valence-corrected chi connectivity index (χ4v) is 5.37. The minimum Gasteiger partial charge on any atom is -0.322 e. The van der Waals surface area contributed by atoms with Crippen LogP contribution in [0.5, 0.6) is 0 Å². The molecule has 1 saturated heterocycles. The van der Waals surface area contributed by atoms with Crippen LogP contribution in [0.2, 0.25) is 0 Å². The molecule has 132 valence electrons. The van der Waals surface area contributed by atoms with Gasteiger partial charge < -0.3 is 9.47 Å². The summed E-state index contributed by atoms with van der Waals surface area (Å²) >= 11 is 1.85. The number of thiophene rings is 1. The lowest BCUT2D eigenvalue weighted by atomic mass is 9.68. The molecule has 0 bridgehead atoms. The molecule has 2 atom stereocenters. The van der Waals surface area contributed by atoms with Gasteiger partial charge in [-0.25, -0.2) is 0 Å². The molecule has 0 radical (unpaired) electrons. The highest BCUT2D eigenvalue weighted by atomic mass is 32.1. The molecular weight excluding hydrogens is 328 g/mol. The Morgan fingerprint density at radius 3 is 2.44 bits per heavy atom. The zero-order valence-corrected chi connectivity index (χ0v) is 15.5. The van der Waals surface area contributed by atoms with Gasteiger partial charge in [-0.2, -0.15) is 0 Å². The van der Waals surface area contributed by atoms with Crippen molar-refractivity contribution in [2.24, 2.45) is 17.8 Å². The Hall–Kier alpha value is -1.16. The SMILES string of the molecule is c1csc(CCc2cccc(CC3CCC3C3CC3)c2C2OCO2)c1. The second-order valence-corrected chi connectivity index (χ2v) is 8.93. The topological polar surface area (TPSA) is 18.5 Å². The first kappa shape index (κ1) is 16.0. The molecule has 2 aliphatic carbocycles. The first-order valence-corrected chi connectivity index (χ1v) is 10.6. The number of aryl methyl sites for hydroxylation is 2. The maximum atomic E-state index is 5.74. The van der Waals surface area contributed by atoms with E-state index in [1.165, 1.54) is 53.7 Å². The van der Waals surface area contributed by atoms with Crippen LogP contribution in [0.4, 0.5) is 0 Å². The van der Waals surface area contributed by atoms with E-state index in [1.807, 2.05) is 11.3 Å². The van der Waals surface area contributed by atoms with E-state index in [0.29, 0.717) is 6.79 Å². The Balaban J connectivity index is 1.36.